The molecule has 3 aliphatic heterocycles. The Kier molecular flexibility index (Phi) is 3.18. The number of hydrogen-bond acceptors (Lipinski definition) is 6. The van der Waals surface area contributed by atoms with Crippen molar-refractivity contribution in [3.63, 3.8) is 0 Å². The van der Waals surface area contributed by atoms with Crippen molar-refractivity contribution in [1.29, 1.82) is 0 Å². The predicted octanol–water partition coefficient (Wildman–Crippen LogP) is 1.92. The van der Waals surface area contributed by atoms with Crippen molar-refractivity contribution < 1.29 is 0 Å². The fourth-order valence-corrected chi connectivity index (χ4v) is 4.43. The highest BCUT2D eigenvalue weighted by Crippen LogP contribution is 2.40. The number of anilines is 2. The molecular weight excluding hydrogens is 300 g/mol. The van der Waals surface area contributed by atoms with Gasteiger partial charge in [-0.3, -0.25) is 0 Å². The smallest absolute Gasteiger partial charge is 0.225 e. The Labute approximate surface area is 142 Å². The largest absolute Gasteiger partial charge is 0.347 e. The average Bonchev–Trinajstić information content (AvgIpc) is 2.62. The second-order valence-corrected chi connectivity index (χ2v) is 7.18. The summed E-state index contributed by atoms with van der Waals surface area (Å²) in [6.45, 7) is 3.99. The Hall–Kier alpha value is -2.24. The van der Waals surface area contributed by atoms with Gasteiger partial charge >= 0.3 is 0 Å². The molecule has 2 unspecified atom stereocenters. The summed E-state index contributed by atoms with van der Waals surface area (Å²) in [7, 11) is 0. The van der Waals surface area contributed by atoms with Gasteiger partial charge in [-0.2, -0.15) is 0 Å². The normalized spacial score (nSPS) is 25.2. The van der Waals surface area contributed by atoms with Crippen LogP contribution in [0.1, 0.15) is 36.2 Å². The van der Waals surface area contributed by atoms with Crippen LogP contribution in [0.4, 0.5) is 11.8 Å². The minimum Gasteiger partial charge on any atom is -0.347 e. The van der Waals surface area contributed by atoms with Gasteiger partial charge in [0, 0.05) is 36.2 Å². The summed E-state index contributed by atoms with van der Waals surface area (Å²) in [6.07, 6.45) is 9.63. The zero-order valence-corrected chi connectivity index (χ0v) is 14.0. The lowest BCUT2D eigenvalue weighted by atomic mass is 9.85. The molecule has 3 saturated heterocycles. The standard InChI is InChI=1S/C18H22N6/c1-12-6-7-19-18(22-12)23-9-13-8-14(10-23)24(13)17-15-4-2-3-5-16(15)20-11-21-17/h6-7,11,13-14H,2-5,8-10H2,1H3. The van der Waals surface area contributed by atoms with Crippen LogP contribution in [0.5, 0.6) is 0 Å². The zero-order valence-electron chi connectivity index (χ0n) is 14.0. The van der Waals surface area contributed by atoms with E-state index in [9.17, 15) is 0 Å². The maximum atomic E-state index is 4.67. The SMILES string of the molecule is Cc1ccnc(N2CC3CC(C2)N3c2ncnc3c2CCCC3)n1. The molecule has 6 rings (SSSR count). The van der Waals surface area contributed by atoms with Crippen LogP contribution < -0.4 is 9.80 Å². The van der Waals surface area contributed by atoms with Crippen molar-refractivity contribution in [3.8, 4) is 0 Å². The van der Waals surface area contributed by atoms with Crippen LogP contribution in [0.2, 0.25) is 0 Å². The van der Waals surface area contributed by atoms with Crippen molar-refractivity contribution in [2.75, 3.05) is 22.9 Å². The van der Waals surface area contributed by atoms with Crippen LogP contribution in [0, 0.1) is 6.92 Å². The first kappa shape index (κ1) is 14.1. The minimum absolute atomic E-state index is 0.522. The Bertz CT molecular complexity index is 764. The van der Waals surface area contributed by atoms with Crippen LogP contribution in [0.15, 0.2) is 18.6 Å². The highest BCUT2D eigenvalue weighted by Gasteiger charge is 2.46. The molecule has 0 radical (unpaired) electrons. The molecule has 2 aromatic heterocycles. The van der Waals surface area contributed by atoms with Gasteiger partial charge in [0.25, 0.3) is 0 Å². The molecule has 2 bridgehead atoms. The molecule has 4 aliphatic rings. The first-order valence-corrected chi connectivity index (χ1v) is 8.95. The van der Waals surface area contributed by atoms with E-state index in [0.717, 1.165) is 37.6 Å². The lowest BCUT2D eigenvalue weighted by molar-refractivity contribution is 0.285. The van der Waals surface area contributed by atoms with Gasteiger partial charge in [0.05, 0.1) is 12.1 Å². The number of piperidine rings is 1. The first-order valence-electron chi connectivity index (χ1n) is 8.95. The average molecular weight is 322 g/mol. The zero-order chi connectivity index (χ0) is 16.1. The highest BCUT2D eigenvalue weighted by atomic mass is 15.4. The topological polar surface area (TPSA) is 58.0 Å². The lowest BCUT2D eigenvalue weighted by Gasteiger charge is -2.57. The molecule has 6 nitrogen and oxygen atoms in total. The Morgan fingerprint density at radius 1 is 1.04 bits per heavy atom. The number of fused-ring (bicyclic) bond motifs is 3. The van der Waals surface area contributed by atoms with Crippen LogP contribution in [-0.2, 0) is 12.8 Å². The third-order valence-corrected chi connectivity index (χ3v) is 5.60. The molecule has 1 aliphatic carbocycles. The van der Waals surface area contributed by atoms with Gasteiger partial charge in [-0.05, 0) is 45.1 Å². The van der Waals surface area contributed by atoms with E-state index in [1.165, 1.54) is 36.3 Å². The van der Waals surface area contributed by atoms with E-state index in [0.29, 0.717) is 12.1 Å². The minimum atomic E-state index is 0.522. The molecule has 0 aromatic carbocycles. The van der Waals surface area contributed by atoms with E-state index in [4.69, 9.17) is 0 Å². The summed E-state index contributed by atoms with van der Waals surface area (Å²) >= 11 is 0. The van der Waals surface area contributed by atoms with E-state index in [2.05, 4.69) is 29.7 Å². The van der Waals surface area contributed by atoms with E-state index < -0.39 is 0 Å². The van der Waals surface area contributed by atoms with Gasteiger partial charge in [0.15, 0.2) is 0 Å². The van der Waals surface area contributed by atoms with Crippen molar-refractivity contribution >= 4 is 11.8 Å². The van der Waals surface area contributed by atoms with Gasteiger partial charge in [0.1, 0.15) is 12.1 Å². The number of rotatable bonds is 2. The molecule has 0 spiro atoms. The van der Waals surface area contributed by atoms with Gasteiger partial charge < -0.3 is 9.80 Å². The molecule has 5 heterocycles. The van der Waals surface area contributed by atoms with Crippen LogP contribution >= 0.6 is 0 Å². The first-order chi connectivity index (χ1) is 11.8. The number of hydrogen-bond donors (Lipinski definition) is 0. The number of nitrogens with zero attached hydrogens (tertiary/aromatic N) is 6. The van der Waals surface area contributed by atoms with Crippen molar-refractivity contribution in [2.45, 2.75) is 51.1 Å². The Morgan fingerprint density at radius 3 is 2.71 bits per heavy atom. The number of aromatic nitrogens is 4. The molecule has 0 amide bonds. The van der Waals surface area contributed by atoms with E-state index in [-0.39, 0.29) is 0 Å². The monoisotopic (exact) mass is 322 g/mol. The molecule has 0 saturated carbocycles. The maximum absolute atomic E-state index is 4.67. The lowest BCUT2D eigenvalue weighted by Crippen LogP contribution is -2.70. The van der Waals surface area contributed by atoms with Gasteiger partial charge in [-0.15, -0.1) is 0 Å². The Morgan fingerprint density at radius 2 is 1.88 bits per heavy atom. The summed E-state index contributed by atoms with van der Waals surface area (Å²) in [5.74, 6) is 2.07. The second-order valence-electron chi connectivity index (χ2n) is 7.18. The van der Waals surface area contributed by atoms with E-state index in [1.54, 1.807) is 6.33 Å². The highest BCUT2D eigenvalue weighted by molar-refractivity contribution is 5.56. The third-order valence-electron chi connectivity index (χ3n) is 5.60. The van der Waals surface area contributed by atoms with Crippen molar-refractivity contribution in [3.05, 3.63) is 35.5 Å². The molecule has 6 heteroatoms. The number of piperazine rings is 1. The molecule has 3 fully saturated rings. The third kappa shape index (κ3) is 2.16. The van der Waals surface area contributed by atoms with Gasteiger partial charge in [-0.25, -0.2) is 19.9 Å². The summed E-state index contributed by atoms with van der Waals surface area (Å²) in [5, 5.41) is 0. The molecule has 2 atom stereocenters. The molecular formula is C18H22N6. The molecule has 124 valence electrons. The van der Waals surface area contributed by atoms with E-state index in [1.807, 2.05) is 19.2 Å². The summed E-state index contributed by atoms with van der Waals surface area (Å²) < 4.78 is 0. The van der Waals surface area contributed by atoms with Crippen LogP contribution in [0.3, 0.4) is 0 Å². The van der Waals surface area contributed by atoms with Gasteiger partial charge in [0.2, 0.25) is 5.95 Å². The quantitative estimate of drug-likeness (QED) is 0.842. The second kappa shape index (κ2) is 5.40. The van der Waals surface area contributed by atoms with Crippen LogP contribution in [-0.4, -0.2) is 45.1 Å². The van der Waals surface area contributed by atoms with Gasteiger partial charge in [-0.1, -0.05) is 0 Å². The predicted molar refractivity (Wildman–Crippen MR) is 92.3 cm³/mol. The Balaban J connectivity index is 1.40. The fourth-order valence-electron chi connectivity index (χ4n) is 4.43. The number of aryl methyl sites for hydroxylation is 2. The maximum Gasteiger partial charge on any atom is 0.225 e. The molecule has 2 aromatic rings. The summed E-state index contributed by atoms with van der Waals surface area (Å²) in [4.78, 5) is 23.1. The van der Waals surface area contributed by atoms with Crippen LogP contribution in [0.25, 0.3) is 0 Å². The fraction of sp³-hybridized carbons (Fsp3) is 0.556. The van der Waals surface area contributed by atoms with E-state index >= 15 is 0 Å². The van der Waals surface area contributed by atoms with Crippen molar-refractivity contribution in [2.24, 2.45) is 0 Å². The van der Waals surface area contributed by atoms with Crippen molar-refractivity contribution in [1.82, 2.24) is 19.9 Å². The summed E-state index contributed by atoms with van der Waals surface area (Å²) in [6, 6.07) is 3.00. The molecule has 24 heavy (non-hydrogen) atoms. The molecule has 0 N–H and O–H groups in total. The summed E-state index contributed by atoms with van der Waals surface area (Å²) in [5.41, 5.74) is 3.70.